The Kier molecular flexibility index (Phi) is 2.94. The molecule has 0 aromatic carbocycles. The molecular weight excluding hydrogens is 140 g/mol. The lowest BCUT2D eigenvalue weighted by Gasteiger charge is -2.21. The average Bonchev–Trinajstić information content (AvgIpc) is 2.36. The van der Waals surface area contributed by atoms with Crippen molar-refractivity contribution in [2.24, 2.45) is 5.92 Å². The smallest absolute Gasteiger partial charge is 0.130 e. The monoisotopic (exact) mass is 156 g/mol. The van der Waals surface area contributed by atoms with Crippen LogP contribution in [0.5, 0.6) is 0 Å². The molecule has 1 rings (SSSR count). The van der Waals surface area contributed by atoms with Crippen LogP contribution in [0.4, 0.5) is 0 Å². The summed E-state index contributed by atoms with van der Waals surface area (Å²) in [6.07, 6.45) is 4.11. The van der Waals surface area contributed by atoms with E-state index in [1.165, 1.54) is 0 Å². The molecule has 2 atom stereocenters. The van der Waals surface area contributed by atoms with Gasteiger partial charge in [-0.1, -0.05) is 13.8 Å². The summed E-state index contributed by atoms with van der Waals surface area (Å²) in [7, 11) is 0. The van der Waals surface area contributed by atoms with E-state index >= 15 is 0 Å². The normalized spacial score (nSPS) is 29.5. The molecule has 0 aromatic heterocycles. The van der Waals surface area contributed by atoms with Gasteiger partial charge in [-0.05, 0) is 18.9 Å². The maximum atomic E-state index is 5.46. The molecule has 2 nitrogen and oxygen atoms in total. The van der Waals surface area contributed by atoms with Gasteiger partial charge in [-0.15, -0.1) is 0 Å². The van der Waals surface area contributed by atoms with Gasteiger partial charge in [-0.25, -0.2) is 0 Å². The SMILES string of the molecule is CCOC1C=COC1C(C)C. The molecule has 0 saturated carbocycles. The molecule has 0 aromatic rings. The number of hydrogen-bond donors (Lipinski definition) is 0. The van der Waals surface area contributed by atoms with Crippen LogP contribution in [0, 0.1) is 5.92 Å². The van der Waals surface area contributed by atoms with E-state index in [9.17, 15) is 0 Å². The molecule has 0 spiro atoms. The Hall–Kier alpha value is -0.500. The van der Waals surface area contributed by atoms with Crippen molar-refractivity contribution in [2.45, 2.75) is 33.0 Å². The fourth-order valence-electron chi connectivity index (χ4n) is 1.28. The van der Waals surface area contributed by atoms with E-state index in [1.54, 1.807) is 6.26 Å². The van der Waals surface area contributed by atoms with Crippen LogP contribution in [0.25, 0.3) is 0 Å². The van der Waals surface area contributed by atoms with Crippen molar-refractivity contribution in [3.8, 4) is 0 Å². The van der Waals surface area contributed by atoms with Crippen LogP contribution in [0.3, 0.4) is 0 Å². The number of ether oxygens (including phenoxy) is 2. The van der Waals surface area contributed by atoms with Crippen molar-refractivity contribution in [1.29, 1.82) is 0 Å². The van der Waals surface area contributed by atoms with Crippen LogP contribution < -0.4 is 0 Å². The molecule has 0 aliphatic carbocycles. The van der Waals surface area contributed by atoms with E-state index in [0.717, 1.165) is 6.61 Å². The van der Waals surface area contributed by atoms with Gasteiger partial charge in [0.05, 0.1) is 6.26 Å². The lowest BCUT2D eigenvalue weighted by molar-refractivity contribution is -0.0117. The zero-order valence-corrected chi connectivity index (χ0v) is 7.41. The maximum absolute atomic E-state index is 5.46. The van der Waals surface area contributed by atoms with E-state index in [2.05, 4.69) is 13.8 Å². The van der Waals surface area contributed by atoms with E-state index < -0.39 is 0 Å². The summed E-state index contributed by atoms with van der Waals surface area (Å²) in [4.78, 5) is 0. The molecule has 0 fully saturated rings. The lowest BCUT2D eigenvalue weighted by atomic mass is 10.0. The van der Waals surface area contributed by atoms with Crippen LogP contribution in [0.1, 0.15) is 20.8 Å². The molecule has 0 N–H and O–H groups in total. The van der Waals surface area contributed by atoms with Gasteiger partial charge < -0.3 is 9.47 Å². The van der Waals surface area contributed by atoms with Crippen molar-refractivity contribution >= 4 is 0 Å². The molecule has 1 aliphatic rings. The van der Waals surface area contributed by atoms with Gasteiger partial charge in [0.25, 0.3) is 0 Å². The predicted molar refractivity (Wildman–Crippen MR) is 44.3 cm³/mol. The van der Waals surface area contributed by atoms with Crippen molar-refractivity contribution in [3.05, 3.63) is 12.3 Å². The van der Waals surface area contributed by atoms with Crippen LogP contribution in [-0.4, -0.2) is 18.8 Å². The molecule has 0 bridgehead atoms. The van der Waals surface area contributed by atoms with Crippen LogP contribution >= 0.6 is 0 Å². The molecule has 2 heteroatoms. The molecule has 64 valence electrons. The third kappa shape index (κ3) is 1.96. The highest BCUT2D eigenvalue weighted by Gasteiger charge is 2.27. The van der Waals surface area contributed by atoms with E-state index in [0.29, 0.717) is 5.92 Å². The van der Waals surface area contributed by atoms with Gasteiger partial charge in [0, 0.05) is 6.61 Å². The van der Waals surface area contributed by atoms with E-state index in [4.69, 9.17) is 9.47 Å². The first-order valence-electron chi connectivity index (χ1n) is 4.19. The Labute approximate surface area is 68.2 Å². The Bertz CT molecular complexity index is 140. The highest BCUT2D eigenvalue weighted by Crippen LogP contribution is 2.20. The first-order chi connectivity index (χ1) is 5.25. The van der Waals surface area contributed by atoms with Crippen molar-refractivity contribution in [3.63, 3.8) is 0 Å². The molecular formula is C9H16O2. The van der Waals surface area contributed by atoms with Gasteiger partial charge in [0.15, 0.2) is 0 Å². The topological polar surface area (TPSA) is 18.5 Å². The first kappa shape index (κ1) is 8.60. The first-order valence-corrected chi connectivity index (χ1v) is 4.19. The summed E-state index contributed by atoms with van der Waals surface area (Å²) in [6, 6.07) is 0. The molecule has 0 amide bonds. The summed E-state index contributed by atoms with van der Waals surface area (Å²) >= 11 is 0. The van der Waals surface area contributed by atoms with Gasteiger partial charge in [-0.3, -0.25) is 0 Å². The quantitative estimate of drug-likeness (QED) is 0.622. The predicted octanol–water partition coefficient (Wildman–Crippen LogP) is 1.96. The van der Waals surface area contributed by atoms with Crippen molar-refractivity contribution in [1.82, 2.24) is 0 Å². The third-order valence-corrected chi connectivity index (χ3v) is 1.84. The largest absolute Gasteiger partial charge is 0.495 e. The zero-order chi connectivity index (χ0) is 8.27. The second-order valence-corrected chi connectivity index (χ2v) is 3.09. The Balaban J connectivity index is 2.42. The minimum atomic E-state index is 0.167. The van der Waals surface area contributed by atoms with Crippen LogP contribution in [0.2, 0.25) is 0 Å². The summed E-state index contributed by atoms with van der Waals surface area (Å²) in [5, 5.41) is 0. The zero-order valence-electron chi connectivity index (χ0n) is 7.41. The Morgan fingerprint density at radius 2 is 2.27 bits per heavy atom. The van der Waals surface area contributed by atoms with E-state index in [1.807, 2.05) is 13.0 Å². The molecule has 0 saturated heterocycles. The van der Waals surface area contributed by atoms with Crippen LogP contribution in [-0.2, 0) is 9.47 Å². The summed E-state index contributed by atoms with van der Waals surface area (Å²) in [6.45, 7) is 7.04. The summed E-state index contributed by atoms with van der Waals surface area (Å²) in [5.41, 5.74) is 0. The van der Waals surface area contributed by atoms with Crippen molar-refractivity contribution < 1.29 is 9.47 Å². The second-order valence-electron chi connectivity index (χ2n) is 3.09. The Morgan fingerprint density at radius 3 is 2.82 bits per heavy atom. The lowest BCUT2D eigenvalue weighted by Crippen LogP contribution is -2.29. The fourth-order valence-corrected chi connectivity index (χ4v) is 1.28. The van der Waals surface area contributed by atoms with Gasteiger partial charge in [-0.2, -0.15) is 0 Å². The van der Waals surface area contributed by atoms with Crippen LogP contribution in [0.15, 0.2) is 12.3 Å². The van der Waals surface area contributed by atoms with E-state index in [-0.39, 0.29) is 12.2 Å². The number of hydrogen-bond acceptors (Lipinski definition) is 2. The average molecular weight is 156 g/mol. The molecule has 0 radical (unpaired) electrons. The standard InChI is InChI=1S/C9H16O2/c1-4-10-8-5-6-11-9(8)7(2)3/h5-9H,4H2,1-3H3. The molecule has 11 heavy (non-hydrogen) atoms. The number of rotatable bonds is 3. The van der Waals surface area contributed by atoms with Gasteiger partial charge >= 0.3 is 0 Å². The summed E-state index contributed by atoms with van der Waals surface area (Å²) in [5.74, 6) is 0.515. The molecule has 2 unspecified atom stereocenters. The Morgan fingerprint density at radius 1 is 1.55 bits per heavy atom. The second kappa shape index (κ2) is 3.77. The molecule has 1 aliphatic heterocycles. The van der Waals surface area contributed by atoms with Gasteiger partial charge in [0.1, 0.15) is 12.2 Å². The van der Waals surface area contributed by atoms with Gasteiger partial charge in [0.2, 0.25) is 0 Å². The molecule has 1 heterocycles. The minimum Gasteiger partial charge on any atom is -0.495 e. The maximum Gasteiger partial charge on any atom is 0.130 e. The third-order valence-electron chi connectivity index (χ3n) is 1.84. The summed E-state index contributed by atoms with van der Waals surface area (Å²) < 4.78 is 10.8. The fraction of sp³-hybridized carbons (Fsp3) is 0.778. The highest BCUT2D eigenvalue weighted by atomic mass is 16.5. The minimum absolute atomic E-state index is 0.167. The van der Waals surface area contributed by atoms with Crippen molar-refractivity contribution in [2.75, 3.05) is 6.61 Å². The highest BCUT2D eigenvalue weighted by molar-refractivity contribution is 4.98.